The van der Waals surface area contributed by atoms with E-state index in [1.807, 2.05) is 32.0 Å². The van der Waals surface area contributed by atoms with Crippen molar-refractivity contribution >= 4 is 35.6 Å². The van der Waals surface area contributed by atoms with Crippen LogP contribution in [0.2, 0.25) is 0 Å². The number of hydrogen-bond acceptors (Lipinski definition) is 4. The highest BCUT2D eigenvalue weighted by atomic mass is 127. The number of ether oxygens (including phenoxy) is 3. The second-order valence-electron chi connectivity index (χ2n) is 4.47. The Hall–Kier alpha value is -1.22. The maximum absolute atomic E-state index is 5.57. The molecule has 0 amide bonds. The number of methoxy groups -OCH3 is 1. The van der Waals surface area contributed by atoms with Crippen LogP contribution < -0.4 is 20.1 Å². The number of nitrogens with one attached hydrogen (secondary N) is 2. The van der Waals surface area contributed by atoms with Gasteiger partial charge in [0.25, 0.3) is 0 Å². The molecule has 0 fully saturated rings. The monoisotopic (exact) mass is 437 g/mol. The molecule has 7 heteroatoms. The van der Waals surface area contributed by atoms with Crippen molar-refractivity contribution in [1.82, 2.24) is 5.32 Å². The summed E-state index contributed by atoms with van der Waals surface area (Å²) in [6, 6.07) is 5.69. The first-order valence-electron chi connectivity index (χ1n) is 7.61. The predicted molar refractivity (Wildman–Crippen MR) is 106 cm³/mol. The summed E-state index contributed by atoms with van der Waals surface area (Å²) in [5.74, 6) is 2.14. The van der Waals surface area contributed by atoms with E-state index in [4.69, 9.17) is 14.2 Å². The second-order valence-corrected chi connectivity index (χ2v) is 4.47. The number of hydrogen-bond donors (Lipinski definition) is 2. The highest BCUT2D eigenvalue weighted by Crippen LogP contribution is 2.30. The lowest BCUT2D eigenvalue weighted by molar-refractivity contribution is 0.146. The highest BCUT2D eigenvalue weighted by Gasteiger charge is 2.06. The molecule has 1 rings (SSSR count). The van der Waals surface area contributed by atoms with Crippen molar-refractivity contribution < 1.29 is 14.2 Å². The van der Waals surface area contributed by atoms with Gasteiger partial charge in [-0.2, -0.15) is 0 Å². The molecule has 0 saturated carbocycles. The fraction of sp³-hybridized carbons (Fsp3) is 0.562. The third-order valence-electron chi connectivity index (χ3n) is 2.91. The Bertz CT molecular complexity index is 470. The van der Waals surface area contributed by atoms with Gasteiger partial charge in [0, 0.05) is 38.6 Å². The van der Waals surface area contributed by atoms with Crippen molar-refractivity contribution in [2.75, 3.05) is 45.8 Å². The van der Waals surface area contributed by atoms with E-state index in [9.17, 15) is 0 Å². The minimum absolute atomic E-state index is 0. The molecule has 0 radical (unpaired) electrons. The van der Waals surface area contributed by atoms with Crippen molar-refractivity contribution in [1.29, 1.82) is 0 Å². The molecule has 2 N–H and O–H groups in total. The van der Waals surface area contributed by atoms with Crippen LogP contribution in [0, 0.1) is 0 Å². The third-order valence-corrected chi connectivity index (χ3v) is 2.91. The Balaban J connectivity index is 0.00000484. The van der Waals surface area contributed by atoms with Crippen LogP contribution in [0.1, 0.15) is 20.3 Å². The molecule has 0 saturated heterocycles. The lowest BCUT2D eigenvalue weighted by atomic mass is 10.2. The molecule has 6 nitrogen and oxygen atoms in total. The first-order valence-corrected chi connectivity index (χ1v) is 7.61. The molecule has 0 heterocycles. The number of aliphatic imine (C=N–C) groups is 1. The molecule has 0 atom stereocenters. The summed E-state index contributed by atoms with van der Waals surface area (Å²) in [4.78, 5) is 4.20. The molecular weight excluding hydrogens is 409 g/mol. The average Bonchev–Trinajstić information content (AvgIpc) is 2.54. The zero-order chi connectivity index (χ0) is 16.2. The molecule has 132 valence electrons. The summed E-state index contributed by atoms with van der Waals surface area (Å²) in [6.07, 6.45) is 0.932. The fourth-order valence-electron chi connectivity index (χ4n) is 1.86. The Morgan fingerprint density at radius 3 is 2.57 bits per heavy atom. The zero-order valence-corrected chi connectivity index (χ0v) is 16.7. The van der Waals surface area contributed by atoms with Gasteiger partial charge in [-0.05, 0) is 32.4 Å². The van der Waals surface area contributed by atoms with Crippen LogP contribution in [0.15, 0.2) is 23.2 Å². The summed E-state index contributed by atoms with van der Waals surface area (Å²) < 4.78 is 16.1. The van der Waals surface area contributed by atoms with Gasteiger partial charge in [0.15, 0.2) is 17.5 Å². The predicted octanol–water partition coefficient (Wildman–Crippen LogP) is 3.13. The normalized spacial score (nSPS) is 10.7. The van der Waals surface area contributed by atoms with Gasteiger partial charge in [-0.1, -0.05) is 0 Å². The highest BCUT2D eigenvalue weighted by molar-refractivity contribution is 14.0. The summed E-state index contributed by atoms with van der Waals surface area (Å²) in [7, 11) is 3.37. The van der Waals surface area contributed by atoms with E-state index >= 15 is 0 Å². The van der Waals surface area contributed by atoms with E-state index in [1.165, 1.54) is 0 Å². The molecule has 0 aliphatic rings. The van der Waals surface area contributed by atoms with Gasteiger partial charge < -0.3 is 24.8 Å². The van der Waals surface area contributed by atoms with Gasteiger partial charge in [-0.3, -0.25) is 4.99 Å². The average molecular weight is 437 g/mol. The molecule has 0 spiro atoms. The first-order chi connectivity index (χ1) is 10.7. The van der Waals surface area contributed by atoms with Crippen LogP contribution in [0.5, 0.6) is 11.5 Å². The van der Waals surface area contributed by atoms with Gasteiger partial charge in [-0.25, -0.2) is 0 Å². The van der Waals surface area contributed by atoms with Crippen LogP contribution in [0.25, 0.3) is 0 Å². The van der Waals surface area contributed by atoms with Crippen molar-refractivity contribution in [2.45, 2.75) is 20.3 Å². The number of halogens is 1. The van der Waals surface area contributed by atoms with Crippen LogP contribution in [0.4, 0.5) is 5.69 Å². The van der Waals surface area contributed by atoms with E-state index < -0.39 is 0 Å². The minimum Gasteiger partial charge on any atom is -0.493 e. The smallest absolute Gasteiger partial charge is 0.195 e. The molecule has 23 heavy (non-hydrogen) atoms. The maximum atomic E-state index is 5.57. The Morgan fingerprint density at radius 2 is 1.96 bits per heavy atom. The summed E-state index contributed by atoms with van der Waals surface area (Å²) in [6.45, 7) is 6.82. The van der Waals surface area contributed by atoms with Gasteiger partial charge in [0.1, 0.15) is 0 Å². The van der Waals surface area contributed by atoms with Crippen molar-refractivity contribution in [3.05, 3.63) is 18.2 Å². The standard InChI is InChI=1S/C16H27N3O3.HI/c1-5-21-11-7-10-18-16(17-3)19-13-8-9-14(20-4)15(12-13)22-6-2;/h8-9,12H,5-7,10-11H2,1-4H3,(H2,17,18,19);1H. The molecular formula is C16H28IN3O3. The molecule has 0 aromatic heterocycles. The number of rotatable bonds is 9. The quantitative estimate of drug-likeness (QED) is 0.269. The largest absolute Gasteiger partial charge is 0.493 e. The topological polar surface area (TPSA) is 64.1 Å². The van der Waals surface area contributed by atoms with Gasteiger partial charge >= 0.3 is 0 Å². The number of guanidine groups is 1. The van der Waals surface area contributed by atoms with Crippen LogP contribution >= 0.6 is 24.0 Å². The Morgan fingerprint density at radius 1 is 1.17 bits per heavy atom. The first kappa shape index (κ1) is 21.8. The molecule has 0 aliphatic heterocycles. The fourth-order valence-corrected chi connectivity index (χ4v) is 1.86. The van der Waals surface area contributed by atoms with E-state index in [1.54, 1.807) is 14.2 Å². The van der Waals surface area contributed by atoms with Crippen LogP contribution in [-0.4, -0.2) is 46.5 Å². The van der Waals surface area contributed by atoms with E-state index in [0.717, 1.165) is 31.9 Å². The molecule has 1 aromatic carbocycles. The summed E-state index contributed by atoms with van der Waals surface area (Å²) in [5, 5.41) is 6.48. The molecule has 1 aromatic rings. The van der Waals surface area contributed by atoms with E-state index in [0.29, 0.717) is 24.1 Å². The van der Waals surface area contributed by atoms with Crippen LogP contribution in [0.3, 0.4) is 0 Å². The number of anilines is 1. The lowest BCUT2D eigenvalue weighted by Crippen LogP contribution is -2.31. The van der Waals surface area contributed by atoms with Crippen molar-refractivity contribution in [3.8, 4) is 11.5 Å². The zero-order valence-electron chi connectivity index (χ0n) is 14.3. The van der Waals surface area contributed by atoms with Crippen molar-refractivity contribution in [2.24, 2.45) is 4.99 Å². The lowest BCUT2D eigenvalue weighted by Gasteiger charge is -2.14. The van der Waals surface area contributed by atoms with Gasteiger partial charge in [-0.15, -0.1) is 24.0 Å². The van der Waals surface area contributed by atoms with Crippen molar-refractivity contribution in [3.63, 3.8) is 0 Å². The van der Waals surface area contributed by atoms with Gasteiger partial charge in [0.2, 0.25) is 0 Å². The van der Waals surface area contributed by atoms with E-state index in [-0.39, 0.29) is 24.0 Å². The molecule has 0 bridgehead atoms. The summed E-state index contributed by atoms with van der Waals surface area (Å²) in [5.41, 5.74) is 0.891. The van der Waals surface area contributed by atoms with Gasteiger partial charge in [0.05, 0.1) is 13.7 Å². The summed E-state index contributed by atoms with van der Waals surface area (Å²) >= 11 is 0. The minimum atomic E-state index is 0. The molecule has 0 unspecified atom stereocenters. The SMILES string of the molecule is CCOCCCNC(=NC)Nc1ccc(OC)c(OCC)c1.I. The van der Waals surface area contributed by atoms with E-state index in [2.05, 4.69) is 15.6 Å². The third kappa shape index (κ3) is 8.26. The number of nitrogens with zero attached hydrogens (tertiary/aromatic N) is 1. The van der Waals surface area contributed by atoms with Crippen LogP contribution in [-0.2, 0) is 4.74 Å². The Labute approximate surface area is 156 Å². The second kappa shape index (κ2) is 13.2. The number of benzene rings is 1. The Kier molecular flexibility index (Phi) is 12.5. The molecule has 0 aliphatic carbocycles. The maximum Gasteiger partial charge on any atom is 0.195 e.